The highest BCUT2D eigenvalue weighted by Crippen LogP contribution is 2.31. The molecular weight excluding hydrogens is 286 g/mol. The van der Waals surface area contributed by atoms with E-state index in [4.69, 9.17) is 0 Å². The number of nitrogens with zero attached hydrogens (tertiary/aromatic N) is 3. The van der Waals surface area contributed by atoms with Gasteiger partial charge in [-0.25, -0.2) is 0 Å². The maximum atomic E-state index is 12.3. The molecule has 2 aromatic rings. The summed E-state index contributed by atoms with van der Waals surface area (Å²) in [5.41, 5.74) is 3.92. The van der Waals surface area contributed by atoms with E-state index in [1.807, 2.05) is 24.4 Å². The molecule has 0 spiro atoms. The number of fused-ring (bicyclic) bond motifs is 1. The van der Waals surface area contributed by atoms with Crippen LogP contribution in [0.3, 0.4) is 0 Å². The SMILES string of the molecule is O=c1ccc2c(n1CC1CC1)CCN(Cc1ccccn1)CC2. The molecule has 1 fully saturated rings. The highest BCUT2D eigenvalue weighted by molar-refractivity contribution is 5.24. The van der Waals surface area contributed by atoms with Crippen molar-refractivity contribution in [1.82, 2.24) is 14.5 Å². The molecule has 0 N–H and O–H groups in total. The van der Waals surface area contributed by atoms with Gasteiger partial charge in [-0.2, -0.15) is 0 Å². The molecule has 3 heterocycles. The van der Waals surface area contributed by atoms with Crippen LogP contribution in [0.25, 0.3) is 0 Å². The molecule has 0 atom stereocenters. The Bertz CT molecular complexity index is 734. The zero-order valence-electron chi connectivity index (χ0n) is 13.4. The van der Waals surface area contributed by atoms with E-state index in [-0.39, 0.29) is 5.56 Å². The summed E-state index contributed by atoms with van der Waals surface area (Å²) in [6.07, 6.45) is 6.40. The van der Waals surface area contributed by atoms with E-state index in [0.717, 1.165) is 50.6 Å². The Morgan fingerprint density at radius 2 is 1.96 bits per heavy atom. The number of pyridine rings is 2. The van der Waals surface area contributed by atoms with E-state index in [2.05, 4.69) is 20.5 Å². The van der Waals surface area contributed by atoms with Crippen molar-refractivity contribution in [2.45, 2.75) is 38.8 Å². The van der Waals surface area contributed by atoms with Crippen LogP contribution in [0, 0.1) is 5.92 Å². The standard InChI is InChI=1S/C19H23N3O/c23-19-7-6-16-8-11-21(14-17-3-1-2-10-20-17)12-9-18(16)22(19)13-15-4-5-15/h1-3,6-7,10,15H,4-5,8-9,11-14H2. The van der Waals surface area contributed by atoms with Crippen LogP contribution in [0.4, 0.5) is 0 Å². The second-order valence-electron chi connectivity index (χ2n) is 6.79. The molecule has 0 bridgehead atoms. The van der Waals surface area contributed by atoms with Crippen molar-refractivity contribution in [2.75, 3.05) is 13.1 Å². The van der Waals surface area contributed by atoms with Gasteiger partial charge in [-0.05, 0) is 42.9 Å². The average Bonchev–Trinajstić information content (AvgIpc) is 3.39. The lowest BCUT2D eigenvalue weighted by atomic mass is 10.1. The van der Waals surface area contributed by atoms with Crippen LogP contribution in [0.1, 0.15) is 29.8 Å². The Hall–Kier alpha value is -1.94. The zero-order chi connectivity index (χ0) is 15.6. The summed E-state index contributed by atoms with van der Waals surface area (Å²) in [6, 6.07) is 9.89. The Labute approximate surface area is 136 Å². The van der Waals surface area contributed by atoms with Crippen molar-refractivity contribution < 1.29 is 0 Å². The molecule has 1 saturated carbocycles. The zero-order valence-corrected chi connectivity index (χ0v) is 13.4. The minimum atomic E-state index is 0.175. The van der Waals surface area contributed by atoms with Gasteiger partial charge in [0, 0.05) is 50.6 Å². The predicted molar refractivity (Wildman–Crippen MR) is 90.3 cm³/mol. The van der Waals surface area contributed by atoms with Crippen molar-refractivity contribution in [3.63, 3.8) is 0 Å². The van der Waals surface area contributed by atoms with Crippen molar-refractivity contribution in [3.05, 3.63) is 63.8 Å². The van der Waals surface area contributed by atoms with Crippen LogP contribution in [0.15, 0.2) is 41.3 Å². The second kappa shape index (κ2) is 6.28. The van der Waals surface area contributed by atoms with E-state index in [9.17, 15) is 4.79 Å². The Morgan fingerprint density at radius 3 is 2.74 bits per heavy atom. The smallest absolute Gasteiger partial charge is 0.250 e. The minimum absolute atomic E-state index is 0.175. The summed E-state index contributed by atoms with van der Waals surface area (Å²) in [5, 5.41) is 0. The molecule has 0 amide bonds. The molecule has 4 nitrogen and oxygen atoms in total. The fourth-order valence-electron chi connectivity index (χ4n) is 3.48. The number of rotatable bonds is 4. The van der Waals surface area contributed by atoms with Crippen LogP contribution in [-0.2, 0) is 25.9 Å². The van der Waals surface area contributed by atoms with E-state index in [0.29, 0.717) is 0 Å². The van der Waals surface area contributed by atoms with Crippen LogP contribution in [-0.4, -0.2) is 27.5 Å². The van der Waals surface area contributed by atoms with Gasteiger partial charge in [0.2, 0.25) is 0 Å². The van der Waals surface area contributed by atoms with E-state index < -0.39 is 0 Å². The van der Waals surface area contributed by atoms with Crippen molar-refractivity contribution >= 4 is 0 Å². The van der Waals surface area contributed by atoms with E-state index in [1.54, 1.807) is 6.07 Å². The molecule has 1 aliphatic carbocycles. The number of hydrogen-bond acceptors (Lipinski definition) is 3. The molecule has 4 heteroatoms. The molecule has 2 aliphatic rings. The normalized spacial score (nSPS) is 18.4. The molecule has 120 valence electrons. The fraction of sp³-hybridized carbons (Fsp3) is 0.474. The first-order valence-corrected chi connectivity index (χ1v) is 8.63. The second-order valence-corrected chi connectivity index (χ2v) is 6.79. The molecule has 0 radical (unpaired) electrons. The van der Waals surface area contributed by atoms with Crippen molar-refractivity contribution in [3.8, 4) is 0 Å². The summed E-state index contributed by atoms with van der Waals surface area (Å²) in [7, 11) is 0. The minimum Gasteiger partial charge on any atom is -0.312 e. The number of aromatic nitrogens is 2. The molecule has 1 aliphatic heterocycles. The van der Waals surface area contributed by atoms with E-state index in [1.165, 1.54) is 24.1 Å². The third-order valence-electron chi connectivity index (χ3n) is 5.00. The summed E-state index contributed by atoms with van der Waals surface area (Å²) < 4.78 is 2.05. The monoisotopic (exact) mass is 309 g/mol. The summed E-state index contributed by atoms with van der Waals surface area (Å²) in [5.74, 6) is 0.729. The lowest BCUT2D eigenvalue weighted by molar-refractivity contribution is 0.275. The van der Waals surface area contributed by atoms with Crippen LogP contribution in [0.2, 0.25) is 0 Å². The first-order chi connectivity index (χ1) is 11.3. The molecule has 4 rings (SSSR count). The highest BCUT2D eigenvalue weighted by atomic mass is 16.1. The average molecular weight is 309 g/mol. The van der Waals surface area contributed by atoms with Gasteiger partial charge in [0.25, 0.3) is 5.56 Å². The van der Waals surface area contributed by atoms with Gasteiger partial charge in [-0.1, -0.05) is 12.1 Å². The lowest BCUT2D eigenvalue weighted by Crippen LogP contribution is -2.27. The van der Waals surface area contributed by atoms with Crippen LogP contribution in [0.5, 0.6) is 0 Å². The number of hydrogen-bond donors (Lipinski definition) is 0. The summed E-state index contributed by atoms with van der Waals surface area (Å²) >= 11 is 0. The first-order valence-electron chi connectivity index (χ1n) is 8.63. The van der Waals surface area contributed by atoms with Gasteiger partial charge in [0.05, 0.1) is 5.69 Å². The topological polar surface area (TPSA) is 38.1 Å². The van der Waals surface area contributed by atoms with E-state index >= 15 is 0 Å². The lowest BCUT2D eigenvalue weighted by Gasteiger charge is -2.19. The predicted octanol–water partition coefficient (Wildman–Crippen LogP) is 2.25. The fourth-order valence-corrected chi connectivity index (χ4v) is 3.48. The quantitative estimate of drug-likeness (QED) is 0.869. The molecule has 23 heavy (non-hydrogen) atoms. The third-order valence-corrected chi connectivity index (χ3v) is 5.00. The van der Waals surface area contributed by atoms with Gasteiger partial charge in [0.15, 0.2) is 0 Å². The molecular formula is C19H23N3O. The molecule has 0 saturated heterocycles. The molecule has 2 aromatic heterocycles. The van der Waals surface area contributed by atoms with Gasteiger partial charge < -0.3 is 4.57 Å². The Kier molecular flexibility index (Phi) is 4.00. The first kappa shape index (κ1) is 14.6. The van der Waals surface area contributed by atoms with Gasteiger partial charge in [0.1, 0.15) is 0 Å². The summed E-state index contributed by atoms with van der Waals surface area (Å²) in [6.45, 7) is 3.84. The third kappa shape index (κ3) is 3.37. The van der Waals surface area contributed by atoms with Crippen LogP contribution < -0.4 is 5.56 Å². The Balaban J connectivity index is 1.53. The molecule has 0 unspecified atom stereocenters. The summed E-state index contributed by atoms with van der Waals surface area (Å²) in [4.78, 5) is 19.2. The van der Waals surface area contributed by atoms with Crippen LogP contribution >= 0.6 is 0 Å². The highest BCUT2D eigenvalue weighted by Gasteiger charge is 2.25. The molecule has 0 aromatic carbocycles. The van der Waals surface area contributed by atoms with Gasteiger partial charge in [-0.3, -0.25) is 14.7 Å². The maximum absolute atomic E-state index is 12.3. The largest absolute Gasteiger partial charge is 0.312 e. The maximum Gasteiger partial charge on any atom is 0.250 e. The van der Waals surface area contributed by atoms with Gasteiger partial charge >= 0.3 is 0 Å². The van der Waals surface area contributed by atoms with Crippen molar-refractivity contribution in [2.24, 2.45) is 5.92 Å². The Morgan fingerprint density at radius 1 is 1.09 bits per heavy atom. The van der Waals surface area contributed by atoms with Gasteiger partial charge in [-0.15, -0.1) is 0 Å². The van der Waals surface area contributed by atoms with Crippen molar-refractivity contribution in [1.29, 1.82) is 0 Å².